The monoisotopic (exact) mass is 473 g/mol. The Morgan fingerprint density at radius 2 is 1.57 bits per heavy atom. The molecule has 0 aliphatic heterocycles. The van der Waals surface area contributed by atoms with Gasteiger partial charge in [0.1, 0.15) is 18.0 Å². The van der Waals surface area contributed by atoms with Gasteiger partial charge in [-0.15, -0.1) is 0 Å². The van der Waals surface area contributed by atoms with Gasteiger partial charge < -0.3 is 14.8 Å². The third-order valence-corrected chi connectivity index (χ3v) is 5.20. The minimum atomic E-state index is -0.783. The molecule has 0 aliphatic carbocycles. The van der Waals surface area contributed by atoms with E-state index < -0.39 is 36.3 Å². The first-order chi connectivity index (χ1) is 17.0. The Morgan fingerprint density at radius 3 is 2.34 bits per heavy atom. The second-order valence-electron chi connectivity index (χ2n) is 7.59. The molecule has 0 bridgehead atoms. The molecule has 3 aromatic carbocycles. The smallest absolute Gasteiger partial charge is 0.332 e. The van der Waals surface area contributed by atoms with Crippen LogP contribution >= 0.6 is 0 Å². The van der Waals surface area contributed by atoms with Crippen molar-refractivity contribution in [3.8, 4) is 11.5 Å². The van der Waals surface area contributed by atoms with Crippen LogP contribution in [-0.4, -0.2) is 27.6 Å². The predicted molar refractivity (Wildman–Crippen MR) is 131 cm³/mol. The summed E-state index contributed by atoms with van der Waals surface area (Å²) >= 11 is 0. The third-order valence-electron chi connectivity index (χ3n) is 5.20. The molecule has 4 aromatic rings. The number of nitrogens with one attached hydrogen (secondary N) is 1. The van der Waals surface area contributed by atoms with Crippen LogP contribution in [0, 0.1) is 0 Å². The quantitative estimate of drug-likeness (QED) is 0.394. The van der Waals surface area contributed by atoms with Crippen LogP contribution in [0.5, 0.6) is 11.5 Å². The SMILES string of the molecule is CCn1c(=O)c2ccccc2n(CC(=O)OCC(=O)Nc2cccc(Oc3ccccc3)c2)c1=O. The van der Waals surface area contributed by atoms with Gasteiger partial charge in [-0.3, -0.25) is 23.5 Å². The lowest BCUT2D eigenvalue weighted by Crippen LogP contribution is -2.41. The van der Waals surface area contributed by atoms with E-state index in [0.29, 0.717) is 28.1 Å². The maximum absolute atomic E-state index is 12.7. The van der Waals surface area contributed by atoms with Crippen molar-refractivity contribution in [2.24, 2.45) is 0 Å². The van der Waals surface area contributed by atoms with Gasteiger partial charge in [0.05, 0.1) is 10.9 Å². The first kappa shape index (κ1) is 23.5. The van der Waals surface area contributed by atoms with Gasteiger partial charge in [0.25, 0.3) is 11.5 Å². The summed E-state index contributed by atoms with van der Waals surface area (Å²) in [5, 5.41) is 2.96. The summed E-state index contributed by atoms with van der Waals surface area (Å²) in [4.78, 5) is 50.0. The minimum Gasteiger partial charge on any atom is -0.457 e. The van der Waals surface area contributed by atoms with Crippen molar-refractivity contribution in [2.75, 3.05) is 11.9 Å². The molecule has 0 unspecified atom stereocenters. The van der Waals surface area contributed by atoms with Crippen molar-refractivity contribution in [3.05, 3.63) is 99.7 Å². The number of aromatic nitrogens is 2. The summed E-state index contributed by atoms with van der Waals surface area (Å²) in [5.74, 6) is -0.147. The average molecular weight is 473 g/mol. The van der Waals surface area contributed by atoms with Gasteiger partial charge in [0, 0.05) is 18.3 Å². The summed E-state index contributed by atoms with van der Waals surface area (Å²) in [6.45, 7) is 0.855. The highest BCUT2D eigenvalue weighted by molar-refractivity contribution is 5.93. The van der Waals surface area contributed by atoms with Gasteiger partial charge in [-0.05, 0) is 43.3 Å². The number of ether oxygens (including phenoxy) is 2. The van der Waals surface area contributed by atoms with Gasteiger partial charge in [-0.2, -0.15) is 0 Å². The van der Waals surface area contributed by atoms with E-state index >= 15 is 0 Å². The van der Waals surface area contributed by atoms with Crippen molar-refractivity contribution in [1.82, 2.24) is 9.13 Å². The largest absolute Gasteiger partial charge is 0.457 e. The van der Waals surface area contributed by atoms with Crippen LogP contribution in [0.25, 0.3) is 10.9 Å². The lowest BCUT2D eigenvalue weighted by atomic mass is 10.2. The Bertz CT molecular complexity index is 1490. The molecule has 1 heterocycles. The van der Waals surface area contributed by atoms with E-state index in [4.69, 9.17) is 9.47 Å². The summed E-state index contributed by atoms with van der Waals surface area (Å²) in [5.41, 5.74) is -0.246. The molecule has 178 valence electrons. The molecule has 9 nitrogen and oxygen atoms in total. The van der Waals surface area contributed by atoms with Crippen LogP contribution in [-0.2, 0) is 27.4 Å². The van der Waals surface area contributed by atoms with Crippen LogP contribution in [0.1, 0.15) is 6.92 Å². The van der Waals surface area contributed by atoms with E-state index in [1.807, 2.05) is 30.3 Å². The maximum atomic E-state index is 12.7. The number of benzene rings is 3. The molecule has 35 heavy (non-hydrogen) atoms. The minimum absolute atomic E-state index is 0.160. The normalized spacial score (nSPS) is 10.7. The van der Waals surface area contributed by atoms with Crippen molar-refractivity contribution in [3.63, 3.8) is 0 Å². The van der Waals surface area contributed by atoms with Crippen molar-refractivity contribution < 1.29 is 19.1 Å². The Hall–Kier alpha value is -4.66. The molecule has 9 heteroatoms. The zero-order valence-corrected chi connectivity index (χ0v) is 19.0. The summed E-state index contributed by atoms with van der Waals surface area (Å²) in [6, 6.07) is 22.5. The fourth-order valence-corrected chi connectivity index (χ4v) is 3.58. The number of hydrogen-bond acceptors (Lipinski definition) is 6. The number of nitrogens with zero attached hydrogens (tertiary/aromatic N) is 2. The number of esters is 1. The molecule has 1 amide bonds. The van der Waals surface area contributed by atoms with E-state index in [1.54, 1.807) is 55.5 Å². The number of anilines is 1. The number of carbonyl (C=O) groups excluding carboxylic acids is 2. The van der Waals surface area contributed by atoms with E-state index in [9.17, 15) is 19.2 Å². The van der Waals surface area contributed by atoms with Gasteiger partial charge >= 0.3 is 11.7 Å². The van der Waals surface area contributed by atoms with Gasteiger partial charge in [-0.25, -0.2) is 4.79 Å². The van der Waals surface area contributed by atoms with Crippen LogP contribution in [0.15, 0.2) is 88.5 Å². The Balaban J connectivity index is 1.40. The lowest BCUT2D eigenvalue weighted by molar-refractivity contribution is -0.147. The summed E-state index contributed by atoms with van der Waals surface area (Å²) < 4.78 is 13.0. The number of carbonyl (C=O) groups is 2. The average Bonchev–Trinajstić information content (AvgIpc) is 2.86. The van der Waals surface area contributed by atoms with E-state index in [2.05, 4.69) is 5.32 Å². The van der Waals surface area contributed by atoms with E-state index in [0.717, 1.165) is 4.57 Å². The molecule has 4 rings (SSSR count). The van der Waals surface area contributed by atoms with Gasteiger partial charge in [0.15, 0.2) is 6.61 Å². The number of hydrogen-bond donors (Lipinski definition) is 1. The molecular weight excluding hydrogens is 450 g/mol. The maximum Gasteiger partial charge on any atom is 0.332 e. The lowest BCUT2D eigenvalue weighted by Gasteiger charge is -2.13. The van der Waals surface area contributed by atoms with Gasteiger partial charge in [-0.1, -0.05) is 36.4 Å². The predicted octanol–water partition coefficient (Wildman–Crippen LogP) is 3.16. The fraction of sp³-hybridized carbons (Fsp3) is 0.154. The molecule has 0 saturated carbocycles. The standard InChI is InChI=1S/C26H23N3O6/c1-2-28-25(32)21-13-6-7-14-22(21)29(26(28)33)16-24(31)34-17-23(30)27-18-9-8-12-20(15-18)35-19-10-4-3-5-11-19/h3-15H,2,16-17H2,1H3,(H,27,30). The van der Waals surface area contributed by atoms with Crippen molar-refractivity contribution in [1.29, 1.82) is 0 Å². The van der Waals surface area contributed by atoms with Crippen LogP contribution < -0.4 is 21.3 Å². The highest BCUT2D eigenvalue weighted by Gasteiger charge is 2.16. The number of amides is 1. The number of para-hydroxylation sites is 2. The second kappa shape index (κ2) is 10.5. The van der Waals surface area contributed by atoms with Crippen LogP contribution in [0.4, 0.5) is 5.69 Å². The van der Waals surface area contributed by atoms with Crippen molar-refractivity contribution in [2.45, 2.75) is 20.0 Å². The summed E-state index contributed by atoms with van der Waals surface area (Å²) in [7, 11) is 0. The molecule has 0 atom stereocenters. The molecule has 0 spiro atoms. The highest BCUT2D eigenvalue weighted by Crippen LogP contribution is 2.23. The van der Waals surface area contributed by atoms with E-state index in [1.165, 1.54) is 4.57 Å². The van der Waals surface area contributed by atoms with E-state index in [-0.39, 0.29) is 6.54 Å². The molecule has 0 fully saturated rings. The molecule has 0 radical (unpaired) electrons. The topological polar surface area (TPSA) is 109 Å². The molecular formula is C26H23N3O6. The zero-order chi connectivity index (χ0) is 24.8. The van der Waals surface area contributed by atoms with Crippen LogP contribution in [0.3, 0.4) is 0 Å². The Kier molecular flexibility index (Phi) is 7.06. The van der Waals surface area contributed by atoms with Crippen molar-refractivity contribution >= 4 is 28.5 Å². The highest BCUT2D eigenvalue weighted by atomic mass is 16.5. The number of rotatable bonds is 8. The molecule has 1 aromatic heterocycles. The Labute approximate surface area is 200 Å². The zero-order valence-electron chi connectivity index (χ0n) is 19.0. The molecule has 1 N–H and O–H groups in total. The summed E-state index contributed by atoms with van der Waals surface area (Å²) in [6.07, 6.45) is 0. The van der Waals surface area contributed by atoms with Gasteiger partial charge in [0.2, 0.25) is 0 Å². The first-order valence-electron chi connectivity index (χ1n) is 11.0. The second-order valence-corrected chi connectivity index (χ2v) is 7.59. The first-order valence-corrected chi connectivity index (χ1v) is 11.0. The number of fused-ring (bicyclic) bond motifs is 1. The fourth-order valence-electron chi connectivity index (χ4n) is 3.58. The third kappa shape index (κ3) is 5.47. The molecule has 0 aliphatic rings. The Morgan fingerprint density at radius 1 is 0.857 bits per heavy atom. The van der Waals surface area contributed by atoms with Crippen LogP contribution in [0.2, 0.25) is 0 Å². The molecule has 0 saturated heterocycles.